The van der Waals surface area contributed by atoms with E-state index in [9.17, 15) is 24.3 Å². The first-order valence-corrected chi connectivity index (χ1v) is 19.2. The number of carboxylic acid groups (broad SMARTS) is 1. The van der Waals surface area contributed by atoms with Gasteiger partial charge in [0.25, 0.3) is 5.91 Å². The van der Waals surface area contributed by atoms with Crippen molar-refractivity contribution in [1.29, 1.82) is 0 Å². The van der Waals surface area contributed by atoms with Crippen LogP contribution in [0, 0.1) is 0 Å². The quantitative estimate of drug-likeness (QED) is 0.0691. The highest BCUT2D eigenvalue weighted by Gasteiger charge is 2.29. The van der Waals surface area contributed by atoms with Crippen LogP contribution in [0.3, 0.4) is 0 Å². The van der Waals surface area contributed by atoms with Crippen molar-refractivity contribution in [3.05, 3.63) is 102 Å². The molecule has 2 atom stereocenters. The Kier molecular flexibility index (Phi) is 16.5. The highest BCUT2D eigenvalue weighted by molar-refractivity contribution is 5.99. The lowest BCUT2D eigenvalue weighted by Gasteiger charge is -2.23. The maximum atomic E-state index is 13.7. The van der Waals surface area contributed by atoms with Crippen molar-refractivity contribution in [2.45, 2.75) is 90.1 Å². The molecule has 0 unspecified atom stereocenters. The van der Waals surface area contributed by atoms with Crippen molar-refractivity contribution in [3.63, 3.8) is 0 Å². The molecular weight excluding hydrogens is 711 g/mol. The molecule has 0 aliphatic rings. The molecule has 4 rings (SSSR count). The number of aromatic nitrogens is 2. The molecule has 0 spiro atoms. The van der Waals surface area contributed by atoms with Crippen molar-refractivity contribution in [2.75, 3.05) is 26.9 Å². The van der Waals surface area contributed by atoms with Crippen LogP contribution in [0.2, 0.25) is 0 Å². The number of benzene rings is 3. The molecule has 0 fully saturated rings. The Morgan fingerprint density at radius 3 is 1.98 bits per heavy atom. The van der Waals surface area contributed by atoms with E-state index in [0.717, 1.165) is 34.4 Å². The van der Waals surface area contributed by atoms with E-state index in [1.807, 2.05) is 60.7 Å². The summed E-state index contributed by atoms with van der Waals surface area (Å²) in [5, 5.41) is 17.4. The number of rotatable bonds is 21. The first-order chi connectivity index (χ1) is 26.9. The van der Waals surface area contributed by atoms with E-state index in [4.69, 9.17) is 9.47 Å². The van der Waals surface area contributed by atoms with E-state index < -0.39 is 42.2 Å². The predicted molar refractivity (Wildman–Crippen MR) is 216 cm³/mol. The Morgan fingerprint density at radius 1 is 0.732 bits per heavy atom. The summed E-state index contributed by atoms with van der Waals surface area (Å²) in [5.74, 6) is -1.79. The van der Waals surface area contributed by atoms with Crippen LogP contribution < -0.4 is 20.7 Å². The van der Waals surface area contributed by atoms with Crippen LogP contribution >= 0.6 is 0 Å². The number of hydrogen-bond acceptors (Lipinski definition) is 8. The number of nitrogens with one attached hydrogen (secondary N) is 3. The first kappa shape index (κ1) is 43.1. The molecular formula is C44H55N5O7. The van der Waals surface area contributed by atoms with Crippen LogP contribution in [0.4, 0.5) is 0 Å². The van der Waals surface area contributed by atoms with Crippen LogP contribution in [0.5, 0.6) is 5.75 Å². The van der Waals surface area contributed by atoms with Gasteiger partial charge in [-0.25, -0.2) is 9.97 Å². The fourth-order valence-electron chi connectivity index (χ4n) is 5.92. The minimum absolute atomic E-state index is 0.0569. The third-order valence-electron chi connectivity index (χ3n) is 9.26. The second-order valence-electron chi connectivity index (χ2n) is 14.8. The van der Waals surface area contributed by atoms with Crippen LogP contribution in [0.1, 0.15) is 87.7 Å². The Hall–Kier alpha value is -5.62. The number of nitrogens with zero attached hydrogens (tertiary/aromatic N) is 2. The van der Waals surface area contributed by atoms with Gasteiger partial charge in [-0.1, -0.05) is 102 Å². The van der Waals surface area contributed by atoms with Crippen LogP contribution in [-0.2, 0) is 31.0 Å². The van der Waals surface area contributed by atoms with Crippen molar-refractivity contribution in [2.24, 2.45) is 0 Å². The number of hydrogen-bond donors (Lipinski definition) is 4. The van der Waals surface area contributed by atoms with Gasteiger partial charge in [0.15, 0.2) is 5.82 Å². The minimum atomic E-state index is -1.37. The Labute approximate surface area is 329 Å². The zero-order chi connectivity index (χ0) is 40.5. The number of unbranched alkanes of at least 4 members (excludes halogenated alkanes) is 4. The summed E-state index contributed by atoms with van der Waals surface area (Å²) in [5.41, 5.74) is 4.57. The Balaban J connectivity index is 1.46. The summed E-state index contributed by atoms with van der Waals surface area (Å²) < 4.78 is 10.9. The lowest BCUT2D eigenvalue weighted by molar-refractivity contribution is -0.140. The van der Waals surface area contributed by atoms with Crippen molar-refractivity contribution < 1.29 is 33.8 Å². The molecule has 12 nitrogen and oxygen atoms in total. The van der Waals surface area contributed by atoms with Gasteiger partial charge in [0.05, 0.1) is 19.6 Å². The number of carbonyl (C=O) groups is 4. The highest BCUT2D eigenvalue weighted by atomic mass is 16.5. The van der Waals surface area contributed by atoms with Crippen molar-refractivity contribution in [3.8, 4) is 28.3 Å². The van der Waals surface area contributed by atoms with Gasteiger partial charge in [-0.15, -0.1) is 0 Å². The number of methoxy groups -OCH3 is 1. The van der Waals surface area contributed by atoms with Crippen molar-refractivity contribution >= 4 is 23.7 Å². The lowest BCUT2D eigenvalue weighted by Crippen LogP contribution is -2.55. The van der Waals surface area contributed by atoms with Crippen LogP contribution in [-0.4, -0.2) is 77.7 Å². The average molecular weight is 766 g/mol. The number of aliphatic carboxylic acids is 1. The van der Waals surface area contributed by atoms with Gasteiger partial charge in [-0.3, -0.25) is 19.2 Å². The molecule has 0 aliphatic carbocycles. The van der Waals surface area contributed by atoms with E-state index in [-0.39, 0.29) is 25.0 Å². The molecule has 1 heterocycles. The zero-order valence-corrected chi connectivity index (χ0v) is 33.1. The maximum Gasteiger partial charge on any atom is 0.305 e. The van der Waals surface area contributed by atoms with E-state index in [0.29, 0.717) is 23.6 Å². The Bertz CT molecular complexity index is 1860. The summed E-state index contributed by atoms with van der Waals surface area (Å²) in [7, 11) is 1.47. The fraction of sp³-hybridized carbons (Fsp3) is 0.409. The average Bonchev–Trinajstić information content (AvgIpc) is 3.19. The number of carbonyl (C=O) groups excluding carboxylic acids is 3. The van der Waals surface area contributed by atoms with E-state index in [1.54, 1.807) is 24.5 Å². The van der Waals surface area contributed by atoms with Gasteiger partial charge in [-0.2, -0.15) is 0 Å². The second-order valence-corrected chi connectivity index (χ2v) is 14.8. The Morgan fingerprint density at radius 2 is 1.38 bits per heavy atom. The van der Waals surface area contributed by atoms with Gasteiger partial charge >= 0.3 is 5.97 Å². The van der Waals surface area contributed by atoms with Crippen LogP contribution in [0.25, 0.3) is 22.5 Å². The lowest BCUT2D eigenvalue weighted by atomic mass is 9.86. The molecule has 4 aromatic rings. The molecule has 0 saturated heterocycles. The number of amides is 3. The van der Waals surface area contributed by atoms with Crippen molar-refractivity contribution in [1.82, 2.24) is 25.9 Å². The molecule has 4 N–H and O–H groups in total. The van der Waals surface area contributed by atoms with E-state index >= 15 is 0 Å². The largest absolute Gasteiger partial charge is 0.494 e. The summed E-state index contributed by atoms with van der Waals surface area (Å²) >= 11 is 0. The fourth-order valence-corrected chi connectivity index (χ4v) is 5.92. The highest BCUT2D eigenvalue weighted by Crippen LogP contribution is 2.25. The van der Waals surface area contributed by atoms with Gasteiger partial charge in [0.1, 0.15) is 17.8 Å². The molecule has 12 heteroatoms. The standard InChI is InChI=1S/C44H55N5O7/c1-6-7-8-9-10-24-56-36-21-17-31(18-22-36)34-28-46-40(47-29-34)32-13-11-30(12-14-32)26-37(48-41(52)33-15-19-35(20-16-33)44(2,3)4)43(54)49-38(27-39(50)51)42(53)45-23-25-55-5/h11-22,28-29,37-38H,6-10,23-27H2,1-5H3,(H,45,53)(H,48,52)(H,49,54)(H,50,51)/t37-,38-/m0/s1. The normalized spacial score (nSPS) is 12.3. The molecule has 3 aromatic carbocycles. The van der Waals surface area contributed by atoms with Crippen LogP contribution in [0.15, 0.2) is 85.2 Å². The summed E-state index contributed by atoms with van der Waals surface area (Å²) in [6, 6.07) is 19.8. The third kappa shape index (κ3) is 13.6. The first-order valence-electron chi connectivity index (χ1n) is 19.2. The van der Waals surface area contributed by atoms with E-state index in [2.05, 4.69) is 53.6 Å². The zero-order valence-electron chi connectivity index (χ0n) is 33.1. The topological polar surface area (TPSA) is 169 Å². The third-order valence-corrected chi connectivity index (χ3v) is 9.26. The summed E-state index contributed by atoms with van der Waals surface area (Å²) in [4.78, 5) is 60.8. The molecule has 298 valence electrons. The van der Waals surface area contributed by atoms with Gasteiger partial charge in [-0.05, 0) is 52.8 Å². The molecule has 0 saturated carbocycles. The minimum Gasteiger partial charge on any atom is -0.494 e. The molecule has 0 aliphatic heterocycles. The molecule has 0 radical (unpaired) electrons. The molecule has 1 aromatic heterocycles. The molecule has 3 amide bonds. The maximum absolute atomic E-state index is 13.7. The monoisotopic (exact) mass is 765 g/mol. The number of carboxylic acids is 1. The summed E-state index contributed by atoms with van der Waals surface area (Å²) in [6.45, 7) is 9.46. The van der Waals surface area contributed by atoms with Gasteiger partial charge in [0.2, 0.25) is 11.8 Å². The van der Waals surface area contributed by atoms with Gasteiger partial charge in [0, 0.05) is 49.2 Å². The molecule has 56 heavy (non-hydrogen) atoms. The number of ether oxygens (including phenoxy) is 2. The molecule has 0 bridgehead atoms. The smallest absolute Gasteiger partial charge is 0.305 e. The predicted octanol–water partition coefficient (Wildman–Crippen LogP) is 6.52. The second kappa shape index (κ2) is 21.5. The van der Waals surface area contributed by atoms with Gasteiger partial charge < -0.3 is 30.5 Å². The SMILES string of the molecule is CCCCCCCOc1ccc(-c2cnc(-c3ccc(C[C@H](NC(=O)c4ccc(C(C)(C)C)cc4)C(=O)N[C@@H](CC(=O)O)C(=O)NCCOC)cc3)nc2)cc1. The summed E-state index contributed by atoms with van der Waals surface area (Å²) in [6.07, 6.45) is 8.88. The van der Waals surface area contributed by atoms with E-state index in [1.165, 1.54) is 32.8 Å².